The Morgan fingerprint density at radius 2 is 2.26 bits per heavy atom. The van der Waals surface area contributed by atoms with Crippen LogP contribution in [0.1, 0.15) is 36.6 Å². The smallest absolute Gasteiger partial charge is 0.128 e. The Bertz CT molecular complexity index is 454. The molecule has 0 radical (unpaired) electrons. The van der Waals surface area contributed by atoms with E-state index in [9.17, 15) is 0 Å². The average Bonchev–Trinajstić information content (AvgIpc) is 2.82. The Labute approximate surface area is 115 Å². The Hall–Kier alpha value is -1.13. The number of nitrogens with zero attached hydrogens (tertiary/aromatic N) is 1. The summed E-state index contributed by atoms with van der Waals surface area (Å²) in [6, 6.07) is -0.0337. The number of rotatable bonds is 4. The maximum absolute atomic E-state index is 6.34. The van der Waals surface area contributed by atoms with E-state index in [1.165, 1.54) is 0 Å². The molecule has 1 aromatic heterocycles. The zero-order chi connectivity index (χ0) is 14.0. The van der Waals surface area contributed by atoms with Crippen molar-refractivity contribution in [3.05, 3.63) is 23.0 Å². The minimum Gasteiger partial charge on any atom is -0.496 e. The van der Waals surface area contributed by atoms with E-state index in [1.54, 1.807) is 7.11 Å². The number of nitrogens with two attached hydrogens (primary N) is 1. The molecule has 2 heterocycles. The third kappa shape index (κ3) is 2.74. The number of methoxy groups -OCH3 is 1. The van der Waals surface area contributed by atoms with E-state index in [-0.39, 0.29) is 11.6 Å². The average molecular weight is 264 g/mol. The third-order valence-electron chi connectivity index (χ3n) is 4.20. The van der Waals surface area contributed by atoms with Gasteiger partial charge in [-0.1, -0.05) is 0 Å². The molecule has 1 aliphatic heterocycles. The van der Waals surface area contributed by atoms with Crippen molar-refractivity contribution in [2.75, 3.05) is 13.7 Å². The molecular formula is C15H24N2O2. The molecule has 106 valence electrons. The molecule has 1 aliphatic rings. The van der Waals surface area contributed by atoms with Gasteiger partial charge >= 0.3 is 0 Å². The molecule has 1 fully saturated rings. The van der Waals surface area contributed by atoms with Crippen molar-refractivity contribution in [2.24, 2.45) is 5.73 Å². The summed E-state index contributed by atoms with van der Waals surface area (Å²) in [5.41, 5.74) is 9.27. The van der Waals surface area contributed by atoms with E-state index in [2.05, 4.69) is 11.9 Å². The number of ether oxygens (including phenoxy) is 2. The molecule has 0 saturated carbocycles. The quantitative estimate of drug-likeness (QED) is 0.905. The van der Waals surface area contributed by atoms with Gasteiger partial charge in [0.2, 0.25) is 0 Å². The number of pyridine rings is 1. The summed E-state index contributed by atoms with van der Waals surface area (Å²) in [5, 5.41) is 0. The van der Waals surface area contributed by atoms with Crippen LogP contribution in [0.15, 0.2) is 6.20 Å². The number of hydrogen-bond acceptors (Lipinski definition) is 4. The first-order chi connectivity index (χ1) is 8.98. The van der Waals surface area contributed by atoms with E-state index >= 15 is 0 Å². The lowest BCUT2D eigenvalue weighted by molar-refractivity contribution is -0.00117. The lowest BCUT2D eigenvalue weighted by atomic mass is 9.89. The number of aromatic nitrogens is 1. The normalized spacial score (nSPS) is 24.5. The first kappa shape index (κ1) is 14.3. The Kier molecular flexibility index (Phi) is 4.11. The largest absolute Gasteiger partial charge is 0.496 e. The zero-order valence-electron chi connectivity index (χ0n) is 12.3. The van der Waals surface area contributed by atoms with Gasteiger partial charge in [-0.15, -0.1) is 0 Å². The molecule has 4 nitrogen and oxygen atoms in total. The fourth-order valence-electron chi connectivity index (χ4n) is 2.79. The molecular weight excluding hydrogens is 240 g/mol. The van der Waals surface area contributed by atoms with E-state index in [1.807, 2.05) is 20.0 Å². The van der Waals surface area contributed by atoms with Gasteiger partial charge in [0.1, 0.15) is 5.75 Å². The molecule has 2 unspecified atom stereocenters. The minimum atomic E-state index is -0.216. The van der Waals surface area contributed by atoms with Crippen molar-refractivity contribution in [3.63, 3.8) is 0 Å². The highest BCUT2D eigenvalue weighted by Gasteiger charge is 2.36. The van der Waals surface area contributed by atoms with Gasteiger partial charge in [0, 0.05) is 42.1 Å². The topological polar surface area (TPSA) is 57.4 Å². The highest BCUT2D eigenvalue weighted by atomic mass is 16.5. The van der Waals surface area contributed by atoms with Crippen molar-refractivity contribution in [3.8, 4) is 5.75 Å². The molecule has 0 amide bonds. The van der Waals surface area contributed by atoms with Crippen LogP contribution in [-0.2, 0) is 11.2 Å². The summed E-state index contributed by atoms with van der Waals surface area (Å²) < 4.78 is 11.2. The predicted octanol–water partition coefficient (Wildman–Crippen LogP) is 2.15. The molecule has 0 bridgehead atoms. The molecule has 19 heavy (non-hydrogen) atoms. The fraction of sp³-hybridized carbons (Fsp3) is 0.667. The van der Waals surface area contributed by atoms with E-state index in [0.29, 0.717) is 0 Å². The molecule has 1 saturated heterocycles. The second kappa shape index (κ2) is 5.47. The summed E-state index contributed by atoms with van der Waals surface area (Å²) >= 11 is 0. The van der Waals surface area contributed by atoms with Gasteiger partial charge in [0.15, 0.2) is 0 Å². The molecule has 1 aromatic rings. The van der Waals surface area contributed by atoms with E-state index < -0.39 is 0 Å². The Morgan fingerprint density at radius 1 is 1.53 bits per heavy atom. The summed E-state index contributed by atoms with van der Waals surface area (Å²) in [6.07, 6.45) is 4.69. The first-order valence-corrected chi connectivity index (χ1v) is 6.86. The van der Waals surface area contributed by atoms with Gasteiger partial charge in [-0.25, -0.2) is 0 Å². The van der Waals surface area contributed by atoms with Crippen LogP contribution < -0.4 is 10.5 Å². The summed E-state index contributed by atoms with van der Waals surface area (Å²) in [4.78, 5) is 4.51. The molecule has 0 spiro atoms. The van der Waals surface area contributed by atoms with Crippen LogP contribution >= 0.6 is 0 Å². The van der Waals surface area contributed by atoms with E-state index in [0.717, 1.165) is 48.4 Å². The van der Waals surface area contributed by atoms with Crippen LogP contribution in [0.3, 0.4) is 0 Å². The molecule has 0 aromatic carbocycles. The van der Waals surface area contributed by atoms with Gasteiger partial charge in [-0.2, -0.15) is 0 Å². The second-order valence-electron chi connectivity index (χ2n) is 5.62. The third-order valence-corrected chi connectivity index (χ3v) is 4.20. The lowest BCUT2D eigenvalue weighted by Crippen LogP contribution is -2.46. The Balaban J connectivity index is 2.19. The van der Waals surface area contributed by atoms with Crippen LogP contribution in [0.5, 0.6) is 5.75 Å². The minimum absolute atomic E-state index is 0.0337. The van der Waals surface area contributed by atoms with Gasteiger partial charge in [-0.3, -0.25) is 4.98 Å². The van der Waals surface area contributed by atoms with E-state index in [4.69, 9.17) is 15.2 Å². The van der Waals surface area contributed by atoms with Gasteiger partial charge in [-0.05, 0) is 33.6 Å². The van der Waals surface area contributed by atoms with Crippen molar-refractivity contribution in [1.29, 1.82) is 0 Å². The number of hydrogen-bond donors (Lipinski definition) is 1. The molecule has 2 rings (SSSR count). The fourth-order valence-corrected chi connectivity index (χ4v) is 2.79. The first-order valence-electron chi connectivity index (χ1n) is 6.86. The summed E-state index contributed by atoms with van der Waals surface area (Å²) in [5.74, 6) is 0.912. The van der Waals surface area contributed by atoms with Crippen LogP contribution in [0.4, 0.5) is 0 Å². The molecule has 4 heteroatoms. The maximum Gasteiger partial charge on any atom is 0.128 e. The molecule has 2 atom stereocenters. The lowest BCUT2D eigenvalue weighted by Gasteiger charge is -2.30. The summed E-state index contributed by atoms with van der Waals surface area (Å²) in [6.45, 7) is 6.96. The maximum atomic E-state index is 6.34. The van der Waals surface area contributed by atoms with Gasteiger partial charge in [0.05, 0.1) is 12.7 Å². The van der Waals surface area contributed by atoms with Crippen LogP contribution in [0, 0.1) is 13.8 Å². The zero-order valence-corrected chi connectivity index (χ0v) is 12.3. The van der Waals surface area contributed by atoms with Gasteiger partial charge < -0.3 is 15.2 Å². The van der Waals surface area contributed by atoms with Gasteiger partial charge in [0.25, 0.3) is 0 Å². The van der Waals surface area contributed by atoms with Crippen LogP contribution in [0.2, 0.25) is 0 Å². The van der Waals surface area contributed by atoms with Crippen molar-refractivity contribution < 1.29 is 9.47 Å². The monoisotopic (exact) mass is 264 g/mol. The second-order valence-corrected chi connectivity index (χ2v) is 5.62. The van der Waals surface area contributed by atoms with Crippen molar-refractivity contribution >= 4 is 0 Å². The molecule has 0 aliphatic carbocycles. The van der Waals surface area contributed by atoms with Crippen molar-refractivity contribution in [2.45, 2.75) is 51.7 Å². The highest BCUT2D eigenvalue weighted by molar-refractivity contribution is 5.41. The van der Waals surface area contributed by atoms with Crippen molar-refractivity contribution in [1.82, 2.24) is 4.98 Å². The van der Waals surface area contributed by atoms with Crippen LogP contribution in [0.25, 0.3) is 0 Å². The number of aryl methyl sites for hydroxylation is 1. The highest BCUT2D eigenvalue weighted by Crippen LogP contribution is 2.31. The predicted molar refractivity (Wildman–Crippen MR) is 75.5 cm³/mol. The summed E-state index contributed by atoms with van der Waals surface area (Å²) in [7, 11) is 1.69. The standard InChI is InChI=1S/C15H24N2O2/c1-10-9-17-12(11(2)14(10)18-4)8-13(16)15(3)6-5-7-19-15/h9,13H,5-8,16H2,1-4H3. The molecule has 2 N–H and O–H groups in total. The van der Waals surface area contributed by atoms with Crippen LogP contribution in [-0.4, -0.2) is 30.3 Å². The Morgan fingerprint density at radius 3 is 2.84 bits per heavy atom. The SMILES string of the molecule is COc1c(C)cnc(CC(N)C2(C)CCCO2)c1C.